The molecular formula is C15H31NO2. The van der Waals surface area contributed by atoms with Crippen molar-refractivity contribution < 1.29 is 9.90 Å². The number of aliphatic carboxylic acids is 1. The Bertz CT molecular complexity index is 201. The lowest BCUT2D eigenvalue weighted by Gasteiger charge is -2.24. The van der Waals surface area contributed by atoms with Crippen LogP contribution in [0.1, 0.15) is 65.7 Å². The maximum Gasteiger partial charge on any atom is 0.306 e. The summed E-state index contributed by atoms with van der Waals surface area (Å²) in [4.78, 5) is 13.0. The Morgan fingerprint density at radius 3 is 2.11 bits per heavy atom. The van der Waals surface area contributed by atoms with E-state index in [1.54, 1.807) is 0 Å². The van der Waals surface area contributed by atoms with Crippen molar-refractivity contribution >= 4 is 5.97 Å². The molecule has 1 heterocycles. The van der Waals surface area contributed by atoms with E-state index in [0.29, 0.717) is 0 Å². The highest BCUT2D eigenvalue weighted by molar-refractivity contribution is 5.69. The first-order valence-corrected chi connectivity index (χ1v) is 7.60. The van der Waals surface area contributed by atoms with Crippen molar-refractivity contribution in [3.8, 4) is 0 Å². The highest BCUT2D eigenvalue weighted by Gasteiger charge is 2.12. The van der Waals surface area contributed by atoms with Crippen LogP contribution in [0.15, 0.2) is 0 Å². The van der Waals surface area contributed by atoms with E-state index in [1.807, 2.05) is 6.92 Å². The molecule has 0 saturated carbocycles. The molecule has 1 unspecified atom stereocenters. The van der Waals surface area contributed by atoms with Gasteiger partial charge in [-0.25, -0.2) is 0 Å². The molecule has 3 nitrogen and oxygen atoms in total. The summed E-state index contributed by atoms with van der Waals surface area (Å²) < 4.78 is 0. The largest absolute Gasteiger partial charge is 0.481 e. The molecule has 0 spiro atoms. The lowest BCUT2D eigenvalue weighted by molar-refractivity contribution is -0.142. The molecule has 0 aliphatic carbocycles. The average Bonchev–Trinajstić information content (AvgIpc) is 2.41. The van der Waals surface area contributed by atoms with Gasteiger partial charge >= 0.3 is 5.97 Å². The van der Waals surface area contributed by atoms with Gasteiger partial charge in [-0.3, -0.25) is 4.79 Å². The van der Waals surface area contributed by atoms with Gasteiger partial charge < -0.3 is 10.0 Å². The van der Waals surface area contributed by atoms with E-state index in [-0.39, 0.29) is 5.92 Å². The van der Waals surface area contributed by atoms with Gasteiger partial charge in [0.05, 0.1) is 5.92 Å². The molecule has 1 atom stereocenters. The van der Waals surface area contributed by atoms with Crippen LogP contribution in [-0.4, -0.2) is 35.6 Å². The van der Waals surface area contributed by atoms with Crippen LogP contribution in [0.3, 0.4) is 0 Å². The Hall–Kier alpha value is -0.570. The third-order valence-electron chi connectivity index (χ3n) is 3.64. The SMILES string of the molecule is CCCCC(CC)C(=O)O.CCN1CCCCC1. The quantitative estimate of drug-likeness (QED) is 0.787. The van der Waals surface area contributed by atoms with Gasteiger partial charge in [0.15, 0.2) is 0 Å². The minimum atomic E-state index is -0.643. The summed E-state index contributed by atoms with van der Waals surface area (Å²) >= 11 is 0. The van der Waals surface area contributed by atoms with E-state index in [4.69, 9.17) is 5.11 Å². The number of carboxylic acids is 1. The van der Waals surface area contributed by atoms with Gasteiger partial charge in [-0.05, 0) is 45.3 Å². The summed E-state index contributed by atoms with van der Waals surface area (Å²) in [6.07, 6.45) is 8.02. The molecule has 1 aliphatic heterocycles. The number of carboxylic acid groups (broad SMARTS) is 1. The highest BCUT2D eigenvalue weighted by Crippen LogP contribution is 2.11. The van der Waals surface area contributed by atoms with Crippen molar-refractivity contribution in [3.63, 3.8) is 0 Å². The van der Waals surface area contributed by atoms with Gasteiger partial charge in [-0.2, -0.15) is 0 Å². The number of carbonyl (C=O) groups is 1. The fourth-order valence-electron chi connectivity index (χ4n) is 2.23. The molecule has 18 heavy (non-hydrogen) atoms. The van der Waals surface area contributed by atoms with Gasteiger partial charge in [0.2, 0.25) is 0 Å². The average molecular weight is 257 g/mol. The second-order valence-corrected chi connectivity index (χ2v) is 5.08. The summed E-state index contributed by atoms with van der Waals surface area (Å²) in [5, 5.41) is 8.60. The highest BCUT2D eigenvalue weighted by atomic mass is 16.4. The Morgan fingerprint density at radius 1 is 1.17 bits per heavy atom. The molecule has 1 saturated heterocycles. The number of piperidine rings is 1. The van der Waals surface area contributed by atoms with Crippen LogP contribution in [0.25, 0.3) is 0 Å². The number of hydrogen-bond donors (Lipinski definition) is 1. The summed E-state index contributed by atoms with van der Waals surface area (Å²) in [7, 11) is 0. The standard InChI is InChI=1S/C8H16O2.C7H15N/c1-3-5-6-7(4-2)8(9)10;1-2-8-6-4-3-5-7-8/h7H,3-6H2,1-2H3,(H,9,10);2-7H2,1H3. The number of rotatable bonds is 6. The zero-order chi connectivity index (χ0) is 13.8. The summed E-state index contributed by atoms with van der Waals surface area (Å²) in [6, 6.07) is 0. The zero-order valence-corrected chi connectivity index (χ0v) is 12.5. The number of nitrogens with zero attached hydrogens (tertiary/aromatic N) is 1. The lowest BCUT2D eigenvalue weighted by atomic mass is 10.00. The van der Waals surface area contributed by atoms with Crippen molar-refractivity contribution in [1.29, 1.82) is 0 Å². The summed E-state index contributed by atoms with van der Waals surface area (Å²) in [5.41, 5.74) is 0. The van der Waals surface area contributed by atoms with Gasteiger partial charge in [0.1, 0.15) is 0 Å². The third kappa shape index (κ3) is 8.51. The summed E-state index contributed by atoms with van der Waals surface area (Å²) in [5.74, 6) is -0.754. The maximum atomic E-state index is 10.4. The molecular weight excluding hydrogens is 226 g/mol. The van der Waals surface area contributed by atoms with Crippen molar-refractivity contribution in [1.82, 2.24) is 4.90 Å². The Morgan fingerprint density at radius 2 is 1.78 bits per heavy atom. The van der Waals surface area contributed by atoms with Crippen LogP contribution in [-0.2, 0) is 4.79 Å². The molecule has 1 aliphatic rings. The Balaban J connectivity index is 0.000000327. The Kier molecular flexibility index (Phi) is 11.2. The molecule has 1 fully saturated rings. The summed E-state index contributed by atoms with van der Waals surface area (Å²) in [6.45, 7) is 10.2. The van der Waals surface area contributed by atoms with E-state index < -0.39 is 5.97 Å². The molecule has 0 amide bonds. The molecule has 1 rings (SSSR count). The third-order valence-corrected chi connectivity index (χ3v) is 3.64. The number of hydrogen-bond acceptors (Lipinski definition) is 2. The molecule has 3 heteroatoms. The minimum absolute atomic E-state index is 0.111. The van der Waals surface area contributed by atoms with Crippen LogP contribution >= 0.6 is 0 Å². The van der Waals surface area contributed by atoms with Gasteiger partial charge in [0, 0.05) is 0 Å². The van der Waals surface area contributed by atoms with E-state index in [1.165, 1.54) is 38.9 Å². The molecule has 0 bridgehead atoms. The fourth-order valence-corrected chi connectivity index (χ4v) is 2.23. The molecule has 1 N–H and O–H groups in total. The molecule has 0 radical (unpaired) electrons. The number of unbranched alkanes of at least 4 members (excludes halogenated alkanes) is 1. The lowest BCUT2D eigenvalue weighted by Crippen LogP contribution is -2.29. The normalized spacial score (nSPS) is 17.7. The predicted octanol–water partition coefficient (Wildman–Crippen LogP) is 3.78. The molecule has 0 aromatic heterocycles. The maximum absolute atomic E-state index is 10.4. The topological polar surface area (TPSA) is 40.5 Å². The minimum Gasteiger partial charge on any atom is -0.481 e. The van der Waals surface area contributed by atoms with E-state index in [0.717, 1.165) is 25.7 Å². The van der Waals surface area contributed by atoms with Crippen LogP contribution < -0.4 is 0 Å². The van der Waals surface area contributed by atoms with Crippen molar-refractivity contribution in [2.24, 2.45) is 5.92 Å². The first kappa shape index (κ1) is 17.4. The molecule has 108 valence electrons. The Labute approximate surface area is 113 Å². The zero-order valence-electron chi connectivity index (χ0n) is 12.5. The van der Waals surface area contributed by atoms with Gasteiger partial charge in [-0.15, -0.1) is 0 Å². The van der Waals surface area contributed by atoms with Crippen LogP contribution in [0, 0.1) is 5.92 Å². The fraction of sp³-hybridized carbons (Fsp3) is 0.933. The van der Waals surface area contributed by atoms with E-state index in [9.17, 15) is 4.79 Å². The predicted molar refractivity (Wildman–Crippen MR) is 76.9 cm³/mol. The van der Waals surface area contributed by atoms with Crippen LogP contribution in [0.2, 0.25) is 0 Å². The van der Waals surface area contributed by atoms with Crippen molar-refractivity contribution in [2.75, 3.05) is 19.6 Å². The van der Waals surface area contributed by atoms with Gasteiger partial charge in [-0.1, -0.05) is 40.0 Å². The first-order chi connectivity index (χ1) is 8.65. The number of likely N-dealkylation sites (tertiary alicyclic amines) is 1. The van der Waals surface area contributed by atoms with Crippen LogP contribution in [0.4, 0.5) is 0 Å². The van der Waals surface area contributed by atoms with E-state index in [2.05, 4.69) is 18.7 Å². The van der Waals surface area contributed by atoms with Crippen LogP contribution in [0.5, 0.6) is 0 Å². The second-order valence-electron chi connectivity index (χ2n) is 5.08. The first-order valence-electron chi connectivity index (χ1n) is 7.60. The van der Waals surface area contributed by atoms with Crippen molar-refractivity contribution in [2.45, 2.75) is 65.7 Å². The molecule has 0 aromatic carbocycles. The van der Waals surface area contributed by atoms with E-state index >= 15 is 0 Å². The monoisotopic (exact) mass is 257 g/mol. The molecule has 0 aromatic rings. The second kappa shape index (κ2) is 11.5. The van der Waals surface area contributed by atoms with Gasteiger partial charge in [0.25, 0.3) is 0 Å². The van der Waals surface area contributed by atoms with Crippen molar-refractivity contribution in [3.05, 3.63) is 0 Å². The smallest absolute Gasteiger partial charge is 0.306 e.